The van der Waals surface area contributed by atoms with Gasteiger partial charge in [-0.05, 0) is 30.9 Å². The van der Waals surface area contributed by atoms with Gasteiger partial charge in [0.05, 0.1) is 6.10 Å². The minimum absolute atomic E-state index is 0.119. The summed E-state index contributed by atoms with van der Waals surface area (Å²) in [5.74, 6) is 0.119. The first-order valence-electron chi connectivity index (χ1n) is 9.47. The summed E-state index contributed by atoms with van der Waals surface area (Å²) in [5.41, 5.74) is 2.09. The zero-order valence-corrected chi connectivity index (χ0v) is 15.0. The molecule has 0 aromatic heterocycles. The normalized spacial score (nSPS) is 16.2. The average molecular weight is 332 g/mol. The second kappa shape index (κ2) is 10.5. The van der Waals surface area contributed by atoms with Gasteiger partial charge in [0.25, 0.3) is 0 Å². The van der Waals surface area contributed by atoms with Gasteiger partial charge in [-0.1, -0.05) is 50.8 Å². The molecular weight excluding hydrogens is 300 g/mol. The van der Waals surface area contributed by atoms with E-state index in [1.807, 2.05) is 18.2 Å². The third-order valence-corrected chi connectivity index (χ3v) is 4.75. The standard InChI is InChI=1S/C20H32N2O2/c1-2-3-4-5-6-11-20(24)21-19-10-8-7-9-17(19)16-22-14-12-18(23)13-15-22/h7-10,18,23H,2-6,11-16H2,1H3,(H,21,24). The van der Waals surface area contributed by atoms with Crippen molar-refractivity contribution < 1.29 is 9.90 Å². The van der Waals surface area contributed by atoms with E-state index in [-0.39, 0.29) is 12.0 Å². The van der Waals surface area contributed by atoms with E-state index in [0.29, 0.717) is 6.42 Å². The predicted octanol–water partition coefficient (Wildman–Crippen LogP) is 3.94. The van der Waals surface area contributed by atoms with Crippen molar-refractivity contribution in [3.63, 3.8) is 0 Å². The van der Waals surface area contributed by atoms with E-state index in [1.54, 1.807) is 0 Å². The number of rotatable bonds is 9. The molecule has 1 aliphatic heterocycles. The van der Waals surface area contributed by atoms with E-state index in [9.17, 15) is 9.90 Å². The highest BCUT2D eigenvalue weighted by molar-refractivity contribution is 5.91. The number of aliphatic hydroxyl groups is 1. The van der Waals surface area contributed by atoms with Crippen LogP contribution in [0.15, 0.2) is 24.3 Å². The van der Waals surface area contributed by atoms with Crippen molar-refractivity contribution in [2.24, 2.45) is 0 Å². The van der Waals surface area contributed by atoms with Crippen molar-refractivity contribution in [3.05, 3.63) is 29.8 Å². The number of carbonyl (C=O) groups is 1. The van der Waals surface area contributed by atoms with Gasteiger partial charge >= 0.3 is 0 Å². The van der Waals surface area contributed by atoms with Crippen LogP contribution in [-0.4, -0.2) is 35.1 Å². The molecule has 134 valence electrons. The zero-order chi connectivity index (χ0) is 17.2. The highest BCUT2D eigenvalue weighted by Gasteiger charge is 2.18. The van der Waals surface area contributed by atoms with Crippen LogP contribution >= 0.6 is 0 Å². The fourth-order valence-corrected chi connectivity index (χ4v) is 3.20. The number of aliphatic hydroxyl groups excluding tert-OH is 1. The number of amides is 1. The lowest BCUT2D eigenvalue weighted by atomic mass is 10.1. The van der Waals surface area contributed by atoms with E-state index in [1.165, 1.54) is 19.3 Å². The molecule has 1 aromatic carbocycles. The summed E-state index contributed by atoms with van der Waals surface area (Å²) < 4.78 is 0. The second-order valence-electron chi connectivity index (χ2n) is 6.88. The molecule has 0 saturated carbocycles. The van der Waals surface area contributed by atoms with Gasteiger partial charge in [-0.2, -0.15) is 0 Å². The summed E-state index contributed by atoms with van der Waals surface area (Å²) in [6, 6.07) is 8.07. The average Bonchev–Trinajstić information content (AvgIpc) is 2.58. The van der Waals surface area contributed by atoms with Gasteiger partial charge in [-0.25, -0.2) is 0 Å². The maximum absolute atomic E-state index is 12.2. The molecule has 1 aliphatic rings. The summed E-state index contributed by atoms with van der Waals surface area (Å²) in [6.45, 7) is 4.87. The minimum atomic E-state index is -0.149. The molecule has 0 atom stereocenters. The van der Waals surface area contributed by atoms with Crippen LogP contribution in [0.5, 0.6) is 0 Å². The van der Waals surface area contributed by atoms with Gasteiger partial charge in [0, 0.05) is 31.7 Å². The minimum Gasteiger partial charge on any atom is -0.393 e. The lowest BCUT2D eigenvalue weighted by molar-refractivity contribution is -0.116. The van der Waals surface area contributed by atoms with Crippen LogP contribution in [0.25, 0.3) is 0 Å². The van der Waals surface area contributed by atoms with Crippen LogP contribution in [0, 0.1) is 0 Å². The Bertz CT molecular complexity index is 496. The van der Waals surface area contributed by atoms with E-state index in [0.717, 1.165) is 56.6 Å². The molecule has 24 heavy (non-hydrogen) atoms. The van der Waals surface area contributed by atoms with E-state index >= 15 is 0 Å². The quantitative estimate of drug-likeness (QED) is 0.673. The van der Waals surface area contributed by atoms with Crippen molar-refractivity contribution >= 4 is 11.6 Å². The number of unbranched alkanes of at least 4 members (excludes halogenated alkanes) is 4. The largest absolute Gasteiger partial charge is 0.393 e. The Labute approximate surface area is 146 Å². The summed E-state index contributed by atoms with van der Waals surface area (Å²) in [6.07, 6.45) is 7.95. The van der Waals surface area contributed by atoms with Crippen molar-refractivity contribution in [2.45, 2.75) is 70.9 Å². The molecule has 1 aromatic rings. The lowest BCUT2D eigenvalue weighted by Gasteiger charge is -2.30. The predicted molar refractivity (Wildman–Crippen MR) is 99.0 cm³/mol. The monoisotopic (exact) mass is 332 g/mol. The molecule has 4 nitrogen and oxygen atoms in total. The summed E-state index contributed by atoms with van der Waals surface area (Å²) in [5, 5.41) is 12.7. The van der Waals surface area contributed by atoms with Crippen molar-refractivity contribution in [1.29, 1.82) is 0 Å². The SMILES string of the molecule is CCCCCCCC(=O)Nc1ccccc1CN1CCC(O)CC1. The second-order valence-corrected chi connectivity index (χ2v) is 6.88. The highest BCUT2D eigenvalue weighted by atomic mass is 16.3. The van der Waals surface area contributed by atoms with Gasteiger partial charge in [-0.15, -0.1) is 0 Å². The summed E-state index contributed by atoms with van der Waals surface area (Å²) in [7, 11) is 0. The first-order chi connectivity index (χ1) is 11.7. The molecule has 1 saturated heterocycles. The lowest BCUT2D eigenvalue weighted by Crippen LogP contribution is -2.35. The van der Waals surface area contributed by atoms with Crippen LogP contribution in [0.3, 0.4) is 0 Å². The first kappa shape index (κ1) is 18.9. The number of piperidine rings is 1. The molecule has 0 bridgehead atoms. The van der Waals surface area contributed by atoms with Crippen LogP contribution in [0.2, 0.25) is 0 Å². The Morgan fingerprint density at radius 3 is 2.62 bits per heavy atom. The molecule has 4 heteroatoms. The Balaban J connectivity index is 1.81. The van der Waals surface area contributed by atoms with Gasteiger partial charge in [0.1, 0.15) is 0 Å². The van der Waals surface area contributed by atoms with Gasteiger partial charge in [0.2, 0.25) is 5.91 Å². The molecule has 2 N–H and O–H groups in total. The van der Waals surface area contributed by atoms with E-state index in [2.05, 4.69) is 23.2 Å². The van der Waals surface area contributed by atoms with Gasteiger partial charge in [0.15, 0.2) is 0 Å². The number of hydrogen-bond acceptors (Lipinski definition) is 3. The number of likely N-dealkylation sites (tertiary alicyclic amines) is 1. The number of nitrogens with zero attached hydrogens (tertiary/aromatic N) is 1. The fraction of sp³-hybridized carbons (Fsp3) is 0.650. The third kappa shape index (κ3) is 6.62. The smallest absolute Gasteiger partial charge is 0.224 e. The molecule has 1 heterocycles. The van der Waals surface area contributed by atoms with Crippen molar-refractivity contribution in [1.82, 2.24) is 4.90 Å². The zero-order valence-electron chi connectivity index (χ0n) is 15.0. The number of hydrogen-bond donors (Lipinski definition) is 2. The summed E-state index contributed by atoms with van der Waals surface area (Å²) in [4.78, 5) is 14.5. The molecule has 1 amide bonds. The number of carbonyl (C=O) groups excluding carboxylic acids is 1. The first-order valence-corrected chi connectivity index (χ1v) is 9.47. The maximum Gasteiger partial charge on any atom is 0.224 e. The van der Waals surface area contributed by atoms with Crippen LogP contribution in [0.4, 0.5) is 5.69 Å². The third-order valence-electron chi connectivity index (χ3n) is 4.75. The Kier molecular flexibility index (Phi) is 8.26. The topological polar surface area (TPSA) is 52.6 Å². The maximum atomic E-state index is 12.2. The molecule has 2 rings (SSSR count). The van der Waals surface area contributed by atoms with E-state index < -0.39 is 0 Å². The molecule has 0 aliphatic carbocycles. The molecule has 0 spiro atoms. The Hall–Kier alpha value is -1.39. The van der Waals surface area contributed by atoms with Crippen LogP contribution in [-0.2, 0) is 11.3 Å². The molecule has 0 radical (unpaired) electrons. The number of anilines is 1. The highest BCUT2D eigenvalue weighted by Crippen LogP contribution is 2.20. The van der Waals surface area contributed by atoms with Crippen LogP contribution in [0.1, 0.15) is 63.9 Å². The Morgan fingerprint density at radius 1 is 1.17 bits per heavy atom. The van der Waals surface area contributed by atoms with Gasteiger partial charge < -0.3 is 10.4 Å². The number of para-hydroxylation sites is 1. The number of benzene rings is 1. The molecular formula is C20H32N2O2. The summed E-state index contributed by atoms with van der Waals surface area (Å²) >= 11 is 0. The number of nitrogens with one attached hydrogen (secondary N) is 1. The molecule has 1 fully saturated rings. The fourth-order valence-electron chi connectivity index (χ4n) is 3.20. The van der Waals surface area contributed by atoms with E-state index in [4.69, 9.17) is 0 Å². The Morgan fingerprint density at radius 2 is 1.88 bits per heavy atom. The van der Waals surface area contributed by atoms with Gasteiger partial charge in [-0.3, -0.25) is 9.69 Å². The molecule has 0 unspecified atom stereocenters. The van der Waals surface area contributed by atoms with Crippen molar-refractivity contribution in [3.8, 4) is 0 Å². The van der Waals surface area contributed by atoms with Crippen molar-refractivity contribution in [2.75, 3.05) is 18.4 Å². The van der Waals surface area contributed by atoms with Crippen LogP contribution < -0.4 is 5.32 Å².